The molecular formula is C13H20Cl2N4O. The van der Waals surface area contributed by atoms with Crippen LogP contribution in [0.25, 0.3) is 0 Å². The predicted molar refractivity (Wildman–Crippen MR) is 86.1 cm³/mol. The lowest BCUT2D eigenvalue weighted by atomic mass is 10.2. The van der Waals surface area contributed by atoms with Crippen LogP contribution >= 0.6 is 24.0 Å². The van der Waals surface area contributed by atoms with Crippen molar-refractivity contribution in [3.05, 3.63) is 28.8 Å². The summed E-state index contributed by atoms with van der Waals surface area (Å²) in [7, 11) is 0. The topological polar surface area (TPSA) is 91.0 Å². The summed E-state index contributed by atoms with van der Waals surface area (Å²) in [4.78, 5) is 11.7. The molecule has 0 aliphatic heterocycles. The van der Waals surface area contributed by atoms with Crippen LogP contribution in [0.2, 0.25) is 5.02 Å². The second kappa shape index (κ2) is 9.44. The van der Waals surface area contributed by atoms with E-state index < -0.39 is 5.91 Å². The summed E-state index contributed by atoms with van der Waals surface area (Å²) < 4.78 is 0. The van der Waals surface area contributed by atoms with E-state index in [-0.39, 0.29) is 18.4 Å². The number of nitrogens with two attached hydrogens (primary N) is 1. The zero-order chi connectivity index (χ0) is 14.3. The molecule has 0 aromatic heterocycles. The Morgan fingerprint density at radius 1 is 1.40 bits per heavy atom. The van der Waals surface area contributed by atoms with Crippen LogP contribution in [-0.4, -0.2) is 18.4 Å². The molecule has 0 atom stereocenters. The van der Waals surface area contributed by atoms with Crippen LogP contribution in [-0.2, 0) is 0 Å². The molecule has 0 radical (unpaired) electrons. The summed E-state index contributed by atoms with van der Waals surface area (Å²) >= 11 is 6.06. The van der Waals surface area contributed by atoms with E-state index in [0.29, 0.717) is 16.3 Å². The lowest BCUT2D eigenvalue weighted by Crippen LogP contribution is -2.35. The normalized spacial score (nSPS) is 9.50. The summed E-state index contributed by atoms with van der Waals surface area (Å²) in [6.07, 6.45) is 3.35. The molecule has 0 aliphatic rings. The van der Waals surface area contributed by atoms with Crippen molar-refractivity contribution < 1.29 is 4.79 Å². The number of benzene rings is 1. The fourth-order valence-electron chi connectivity index (χ4n) is 1.59. The van der Waals surface area contributed by atoms with E-state index in [4.69, 9.17) is 22.7 Å². The molecule has 1 aromatic carbocycles. The first-order chi connectivity index (χ1) is 9.04. The van der Waals surface area contributed by atoms with Crippen molar-refractivity contribution in [3.63, 3.8) is 0 Å². The van der Waals surface area contributed by atoms with Crippen molar-refractivity contribution in [1.29, 1.82) is 5.41 Å². The van der Waals surface area contributed by atoms with Gasteiger partial charge in [-0.05, 0) is 24.6 Å². The summed E-state index contributed by atoms with van der Waals surface area (Å²) in [6.45, 7) is 2.95. The molecule has 112 valence electrons. The summed E-state index contributed by atoms with van der Waals surface area (Å²) in [5, 5.41) is 13.0. The van der Waals surface area contributed by atoms with Gasteiger partial charge in [0.05, 0.1) is 10.7 Å². The molecule has 0 heterocycles. The maximum absolute atomic E-state index is 11.7. The lowest BCUT2D eigenvalue weighted by molar-refractivity contribution is 0.0976. The molecule has 20 heavy (non-hydrogen) atoms. The van der Waals surface area contributed by atoms with Gasteiger partial charge in [-0.25, -0.2) is 0 Å². The number of guanidine groups is 1. The molecule has 7 heteroatoms. The van der Waals surface area contributed by atoms with Gasteiger partial charge in [-0.2, -0.15) is 0 Å². The number of nitrogens with one attached hydrogen (secondary N) is 3. The number of rotatable bonds is 6. The Balaban J connectivity index is 0.00000361. The lowest BCUT2D eigenvalue weighted by Gasteiger charge is -2.10. The van der Waals surface area contributed by atoms with Crippen LogP contribution < -0.4 is 16.4 Å². The predicted octanol–water partition coefficient (Wildman–Crippen LogP) is 2.99. The SMILES string of the molecule is CCCCCNc1cc(C(=O)NC(=N)N)ccc1Cl.Cl. The molecule has 1 aromatic rings. The van der Waals surface area contributed by atoms with Crippen LogP contribution in [0, 0.1) is 5.41 Å². The Morgan fingerprint density at radius 2 is 2.10 bits per heavy atom. The number of carbonyl (C=O) groups excluding carboxylic acids is 1. The molecule has 0 saturated carbocycles. The minimum absolute atomic E-state index is 0. The number of unbranched alkanes of at least 4 members (excludes halogenated alkanes) is 2. The summed E-state index contributed by atoms with van der Waals surface area (Å²) in [5.74, 6) is -0.793. The number of hydrogen-bond acceptors (Lipinski definition) is 3. The van der Waals surface area contributed by atoms with Crippen molar-refractivity contribution in [1.82, 2.24) is 5.32 Å². The van der Waals surface area contributed by atoms with Gasteiger partial charge in [0.25, 0.3) is 5.91 Å². The molecule has 0 bridgehead atoms. The molecule has 0 saturated heterocycles. The highest BCUT2D eigenvalue weighted by Gasteiger charge is 2.09. The number of anilines is 1. The fourth-order valence-corrected chi connectivity index (χ4v) is 1.78. The standard InChI is InChI=1S/C13H19ClN4O.ClH/c1-2-3-4-7-17-11-8-9(5-6-10(11)14)12(19)18-13(15)16;/h5-6,8,17H,2-4,7H2,1H3,(H4,15,16,18,19);1H. The highest BCUT2D eigenvalue weighted by molar-refractivity contribution is 6.33. The Labute approximate surface area is 130 Å². The largest absolute Gasteiger partial charge is 0.384 e. The first-order valence-electron chi connectivity index (χ1n) is 6.23. The van der Waals surface area contributed by atoms with Gasteiger partial charge in [-0.3, -0.25) is 15.5 Å². The van der Waals surface area contributed by atoms with E-state index in [1.165, 1.54) is 0 Å². The Morgan fingerprint density at radius 3 is 2.70 bits per heavy atom. The average molecular weight is 319 g/mol. The highest BCUT2D eigenvalue weighted by atomic mass is 35.5. The number of carbonyl (C=O) groups is 1. The van der Waals surface area contributed by atoms with Gasteiger partial charge in [0, 0.05) is 12.1 Å². The van der Waals surface area contributed by atoms with Crippen molar-refractivity contribution in [2.75, 3.05) is 11.9 Å². The van der Waals surface area contributed by atoms with Gasteiger partial charge >= 0.3 is 0 Å². The molecule has 1 rings (SSSR count). The second-order valence-corrected chi connectivity index (χ2v) is 4.60. The molecule has 0 fully saturated rings. The van der Waals surface area contributed by atoms with Gasteiger partial charge in [-0.1, -0.05) is 31.4 Å². The van der Waals surface area contributed by atoms with Crippen LogP contribution in [0.1, 0.15) is 36.5 Å². The van der Waals surface area contributed by atoms with Gasteiger partial charge < -0.3 is 11.1 Å². The van der Waals surface area contributed by atoms with Gasteiger partial charge in [0.15, 0.2) is 5.96 Å². The highest BCUT2D eigenvalue weighted by Crippen LogP contribution is 2.23. The third kappa shape index (κ3) is 6.12. The van der Waals surface area contributed by atoms with Crippen molar-refractivity contribution in [2.45, 2.75) is 26.2 Å². The maximum atomic E-state index is 11.7. The molecule has 0 aliphatic carbocycles. The zero-order valence-corrected chi connectivity index (χ0v) is 12.9. The molecule has 5 nitrogen and oxygen atoms in total. The van der Waals surface area contributed by atoms with Crippen LogP contribution in [0.5, 0.6) is 0 Å². The first-order valence-corrected chi connectivity index (χ1v) is 6.61. The number of hydrogen-bond donors (Lipinski definition) is 4. The van der Waals surface area contributed by atoms with Gasteiger partial charge in [0.1, 0.15) is 0 Å². The van der Waals surface area contributed by atoms with Gasteiger partial charge in [-0.15, -0.1) is 12.4 Å². The third-order valence-electron chi connectivity index (χ3n) is 2.57. The summed E-state index contributed by atoms with van der Waals surface area (Å²) in [5.41, 5.74) is 6.25. The molecule has 0 spiro atoms. The third-order valence-corrected chi connectivity index (χ3v) is 2.90. The van der Waals surface area contributed by atoms with E-state index in [0.717, 1.165) is 25.8 Å². The van der Waals surface area contributed by atoms with Crippen LogP contribution in [0.15, 0.2) is 18.2 Å². The Bertz CT molecular complexity index is 466. The van der Waals surface area contributed by atoms with Crippen molar-refractivity contribution in [3.8, 4) is 0 Å². The van der Waals surface area contributed by atoms with E-state index in [1.54, 1.807) is 18.2 Å². The second-order valence-electron chi connectivity index (χ2n) is 4.20. The van der Waals surface area contributed by atoms with Crippen LogP contribution in [0.3, 0.4) is 0 Å². The first kappa shape index (κ1) is 18.5. The minimum atomic E-state index is -0.416. The Kier molecular flexibility index (Phi) is 8.76. The van der Waals surface area contributed by atoms with E-state index in [2.05, 4.69) is 17.6 Å². The molecular weight excluding hydrogens is 299 g/mol. The summed E-state index contributed by atoms with van der Waals surface area (Å²) in [6, 6.07) is 4.91. The van der Waals surface area contributed by atoms with Crippen LogP contribution in [0.4, 0.5) is 5.69 Å². The van der Waals surface area contributed by atoms with Gasteiger partial charge in [0.2, 0.25) is 0 Å². The van der Waals surface area contributed by atoms with E-state index in [1.807, 2.05) is 0 Å². The molecule has 0 unspecified atom stereocenters. The quantitative estimate of drug-likeness (QED) is 0.369. The fraction of sp³-hybridized carbons (Fsp3) is 0.385. The monoisotopic (exact) mass is 318 g/mol. The molecule has 5 N–H and O–H groups in total. The number of amides is 1. The van der Waals surface area contributed by atoms with Crippen molar-refractivity contribution in [2.24, 2.45) is 5.73 Å². The zero-order valence-electron chi connectivity index (χ0n) is 11.3. The molecule has 1 amide bonds. The number of halogens is 2. The minimum Gasteiger partial charge on any atom is -0.384 e. The van der Waals surface area contributed by atoms with Crippen molar-refractivity contribution >= 4 is 41.6 Å². The van der Waals surface area contributed by atoms with E-state index in [9.17, 15) is 4.79 Å². The van der Waals surface area contributed by atoms with E-state index >= 15 is 0 Å². The maximum Gasteiger partial charge on any atom is 0.258 e. The average Bonchev–Trinajstić information content (AvgIpc) is 2.35. The Hall–Kier alpha value is -1.46. The smallest absolute Gasteiger partial charge is 0.258 e.